The highest BCUT2D eigenvalue weighted by Crippen LogP contribution is 2.28. The fraction of sp³-hybridized carbons (Fsp3) is 0.256. The molecule has 0 fully saturated rings. The molecule has 108 heavy (non-hydrogen) atoms. The van der Waals surface area contributed by atoms with Crippen LogP contribution in [-0.2, 0) is 55.8 Å². The van der Waals surface area contributed by atoms with Crippen molar-refractivity contribution < 1.29 is 14.8 Å². The van der Waals surface area contributed by atoms with Gasteiger partial charge in [0, 0.05) is 178 Å². The lowest BCUT2D eigenvalue weighted by molar-refractivity contribution is -0.116. The Morgan fingerprint density at radius 1 is 0.463 bits per heavy atom. The molecule has 1 aliphatic carbocycles. The third-order valence-corrected chi connectivity index (χ3v) is 18.2. The zero-order chi connectivity index (χ0) is 76.5. The molecule has 14 aromatic heterocycles. The molecule has 0 saturated heterocycles. The summed E-state index contributed by atoms with van der Waals surface area (Å²) in [4.78, 5) is 77.5. The monoisotopic (exact) mass is 1440 g/mol. The first-order valence-electron chi connectivity index (χ1n) is 36.2. The smallest absolute Gasteiger partial charge is 0.230 e. The van der Waals surface area contributed by atoms with Crippen molar-refractivity contribution in [3.8, 4) is 11.4 Å². The van der Waals surface area contributed by atoms with Gasteiger partial charge < -0.3 is 39.5 Å². The summed E-state index contributed by atoms with van der Waals surface area (Å²) in [5, 5.41) is 16.8. The Labute approximate surface area is 629 Å². The van der Waals surface area contributed by atoms with Crippen LogP contribution in [0, 0.1) is 69.2 Å². The molecule has 552 valence electrons. The maximum atomic E-state index is 11.2. The van der Waals surface area contributed by atoms with Crippen molar-refractivity contribution in [1.82, 2.24) is 78.7 Å². The van der Waals surface area contributed by atoms with E-state index >= 15 is 0 Å². The van der Waals surface area contributed by atoms with Crippen molar-refractivity contribution in [2.24, 2.45) is 14.1 Å². The van der Waals surface area contributed by atoms with Crippen molar-refractivity contribution in [1.29, 1.82) is 0 Å². The lowest BCUT2D eigenvalue weighted by atomic mass is 10.2. The third-order valence-electron chi connectivity index (χ3n) is 18.2. The van der Waals surface area contributed by atoms with Crippen molar-refractivity contribution in [2.45, 2.75) is 115 Å². The first-order chi connectivity index (χ1) is 52.0. The van der Waals surface area contributed by atoms with Gasteiger partial charge in [0.2, 0.25) is 11.8 Å². The Kier molecular flexibility index (Phi) is 25.0. The standard InChI is InChI=1S/C10H12N2O.C9H12N2.2C9H10N2.C9H11N.2C8H8N2O.3C8H8N2/c1-7-5-9-3-4-12(8(2)13)10(9)11-6-7;2*1-7-5-8-3-4-11(2)9(8)10-6-7;1-7-3-4-8-5-6-11(2)9(8)10-7;1-7-5-8-3-2-4-9(8)10-6-7;1-5-2-6-3-7(11)10-8(6)9-4-5;1-6-4-7-2-3-9-8(7)10(11)5-6;1-6-4-7-2-3-9-8(7)5-10-6;1-6-4-8-7(10-5-6)2-3-9-8;1-6-4-7-2-3-9-8(7)10-5-6/h5-6H,3-4H2,1-2H3;5-6H,3-4H2,1-2H3;2*3-6H,1-2H3;5-6H,2-4H2,1H3;2,4H,3H2,1H3,(H,9,10,11);2-5,11H,1H3;2*2-5,9H,1H3;2-5H,1H3,(H,9,10). The molecule has 20 rings (SSSR count). The van der Waals surface area contributed by atoms with E-state index in [1.807, 2.05) is 182 Å². The van der Waals surface area contributed by atoms with Crippen LogP contribution in [0.2, 0.25) is 0 Å². The van der Waals surface area contributed by atoms with Crippen LogP contribution in [0.4, 0.5) is 17.5 Å². The van der Waals surface area contributed by atoms with E-state index in [1.165, 1.54) is 91.0 Å². The number of anilines is 3. The highest BCUT2D eigenvalue weighted by molar-refractivity contribution is 5.98. The number of carbonyl (C=O) groups is 2. The number of rotatable bonds is 0. The zero-order valence-electron chi connectivity index (χ0n) is 64.1. The molecule has 22 nitrogen and oxygen atoms in total. The number of aromatic nitrogens is 16. The van der Waals surface area contributed by atoms with Crippen LogP contribution in [0.1, 0.15) is 97.2 Å². The number of amides is 2. The van der Waals surface area contributed by atoms with Crippen LogP contribution >= 0.6 is 0 Å². The molecule has 14 aromatic rings. The van der Waals surface area contributed by atoms with Gasteiger partial charge in [-0.1, -0.05) is 24.3 Å². The number of H-pyrrole nitrogens is 3. The maximum Gasteiger partial charge on any atom is 0.230 e. The van der Waals surface area contributed by atoms with Gasteiger partial charge in [-0.3, -0.25) is 29.4 Å². The summed E-state index contributed by atoms with van der Waals surface area (Å²) in [5.74, 6) is 3.46. The molecule has 0 unspecified atom stereocenters. The molecule has 5 aliphatic heterocycles. The first kappa shape index (κ1) is 76.4. The van der Waals surface area contributed by atoms with Crippen LogP contribution in [0.3, 0.4) is 0 Å². The number of likely N-dealkylation sites (N-methyl/N-ethyl adjacent to an activating group) is 1. The molecule has 6 aliphatic rings. The third kappa shape index (κ3) is 20.2. The fourth-order valence-electron chi connectivity index (χ4n) is 12.8. The van der Waals surface area contributed by atoms with Gasteiger partial charge in [-0.25, -0.2) is 34.9 Å². The normalized spacial score (nSPS) is 12.4. The molecular weight excluding hydrogens is 1350 g/mol. The van der Waals surface area contributed by atoms with Crippen molar-refractivity contribution in [3.63, 3.8) is 0 Å². The van der Waals surface area contributed by atoms with E-state index in [9.17, 15) is 14.8 Å². The van der Waals surface area contributed by atoms with Crippen molar-refractivity contribution in [2.75, 3.05) is 35.3 Å². The number of aromatic amines is 3. The molecule has 5 N–H and O–H groups in total. The van der Waals surface area contributed by atoms with Gasteiger partial charge >= 0.3 is 0 Å². The van der Waals surface area contributed by atoms with Crippen LogP contribution in [0.5, 0.6) is 0 Å². The largest absolute Gasteiger partial charge is 0.427 e. The van der Waals surface area contributed by atoms with Gasteiger partial charge in [0.25, 0.3) is 0 Å². The summed E-state index contributed by atoms with van der Waals surface area (Å²) in [5.41, 5.74) is 25.2. The van der Waals surface area contributed by atoms with Gasteiger partial charge in [0.05, 0.1) is 29.2 Å². The number of nitrogens with zero attached hydrogens (tertiary/aromatic N) is 15. The minimum absolute atomic E-state index is 0.0399. The second-order valence-corrected chi connectivity index (χ2v) is 27.8. The maximum absolute atomic E-state index is 11.2. The van der Waals surface area contributed by atoms with E-state index in [-0.39, 0.29) is 11.8 Å². The summed E-state index contributed by atoms with van der Waals surface area (Å²) in [6.07, 6.45) is 34.3. The summed E-state index contributed by atoms with van der Waals surface area (Å²) < 4.78 is 5.10. The Morgan fingerprint density at radius 3 is 1.83 bits per heavy atom. The topological polar surface area (TPSA) is 264 Å². The molecule has 0 radical (unpaired) electrons. The molecule has 19 heterocycles. The van der Waals surface area contributed by atoms with E-state index in [2.05, 4.69) is 163 Å². The Hall–Kier alpha value is -12.7. The number of pyridine rings is 10. The molecule has 22 heteroatoms. The Balaban J connectivity index is 0.000000119. The van der Waals surface area contributed by atoms with Crippen LogP contribution < -0.4 is 15.1 Å². The minimum atomic E-state index is 0.0399. The van der Waals surface area contributed by atoms with Crippen LogP contribution in [0.15, 0.2) is 196 Å². The van der Waals surface area contributed by atoms with Crippen LogP contribution in [-0.4, -0.2) is 116 Å². The minimum Gasteiger partial charge on any atom is -0.427 e. The second kappa shape index (κ2) is 35.4. The number of fused-ring (bicyclic) bond motifs is 10. The van der Waals surface area contributed by atoms with Gasteiger partial charge in [-0.05, 0) is 241 Å². The molecule has 0 spiro atoms. The second-order valence-electron chi connectivity index (χ2n) is 27.8. The van der Waals surface area contributed by atoms with E-state index in [1.54, 1.807) is 36.6 Å². The van der Waals surface area contributed by atoms with Gasteiger partial charge in [0.1, 0.15) is 34.4 Å². The van der Waals surface area contributed by atoms with E-state index in [0.717, 1.165) is 121 Å². The number of nitrogens with one attached hydrogen (secondary N) is 4. The molecule has 0 atom stereocenters. The molecule has 2 amide bonds. The Morgan fingerprint density at radius 2 is 1.06 bits per heavy atom. The summed E-state index contributed by atoms with van der Waals surface area (Å²) >= 11 is 0. The molecule has 0 bridgehead atoms. The fourth-order valence-corrected chi connectivity index (χ4v) is 12.8. The quantitative estimate of drug-likeness (QED) is 0.0885. The zero-order valence-corrected chi connectivity index (χ0v) is 64.1. The van der Waals surface area contributed by atoms with Gasteiger partial charge in [-0.2, -0.15) is 4.73 Å². The molecular formula is C86H95N19O3. The van der Waals surface area contributed by atoms with Crippen molar-refractivity contribution >= 4 is 84.3 Å². The number of aryl methyl sites for hydroxylation is 14. The van der Waals surface area contributed by atoms with Gasteiger partial charge in [-0.15, -0.1) is 0 Å². The molecule has 0 aromatic carbocycles. The average molecular weight is 1440 g/mol. The number of hydrogen-bond acceptors (Lipinski definition) is 14. The predicted molar refractivity (Wildman–Crippen MR) is 433 cm³/mol. The Bertz CT molecular complexity index is 5530. The number of hydrogen-bond donors (Lipinski definition) is 5. The first-order valence-corrected chi connectivity index (χ1v) is 36.2. The van der Waals surface area contributed by atoms with E-state index in [4.69, 9.17) is 0 Å². The predicted octanol–water partition coefficient (Wildman–Crippen LogP) is 16.4. The average Bonchev–Trinajstić information content (AvgIpc) is 1.66. The van der Waals surface area contributed by atoms with E-state index in [0.29, 0.717) is 12.2 Å². The van der Waals surface area contributed by atoms with E-state index < -0.39 is 0 Å². The van der Waals surface area contributed by atoms with Crippen molar-refractivity contribution in [3.05, 3.63) is 280 Å². The summed E-state index contributed by atoms with van der Waals surface area (Å²) in [6.45, 7) is 23.7. The SMILES string of the molecule is CC(=O)N1CCc2cc(C)cnc21.Cc1cc2cc[nH]c2cn1.Cc1cc2ccnc-2n(O)c1.Cc1ccc2ccn(C)c2n1.Cc1cnc2[nH]ccc2c1.Cc1cnc2c(c1)CC(=O)N2.Cc1cnc2c(c1)CCC2.Cc1cnc2c(c1)CCN2C.Cc1cnc2c(ccn2C)c1.Cc1cnc2cc[nH]c2c1. The lowest BCUT2D eigenvalue weighted by Gasteiger charge is -2.12. The summed E-state index contributed by atoms with van der Waals surface area (Å²) in [7, 11) is 6.10. The van der Waals surface area contributed by atoms with Crippen LogP contribution in [0.25, 0.3) is 66.4 Å². The molecule has 0 saturated carbocycles. The highest BCUT2D eigenvalue weighted by atomic mass is 16.5. The summed E-state index contributed by atoms with van der Waals surface area (Å²) in [6, 6.07) is 35.1. The van der Waals surface area contributed by atoms with Gasteiger partial charge in [0.15, 0.2) is 5.82 Å². The lowest BCUT2D eigenvalue weighted by Crippen LogP contribution is -2.26. The number of carbonyl (C=O) groups excluding carboxylic acids is 2. The highest BCUT2D eigenvalue weighted by Gasteiger charge is 2.23.